The van der Waals surface area contributed by atoms with Crippen molar-refractivity contribution in [3.63, 3.8) is 0 Å². The monoisotopic (exact) mass is 274 g/mol. The summed E-state index contributed by atoms with van der Waals surface area (Å²) in [5.41, 5.74) is -0.0907. The van der Waals surface area contributed by atoms with E-state index >= 15 is 0 Å². The second-order valence-electron chi connectivity index (χ2n) is 4.04. The van der Waals surface area contributed by atoms with E-state index in [9.17, 15) is 14.0 Å². The predicted octanol–water partition coefficient (Wildman–Crippen LogP) is 2.92. The Balaban J connectivity index is 2.26. The molecule has 0 aliphatic rings. The van der Waals surface area contributed by atoms with Crippen LogP contribution in [0, 0.1) is 5.82 Å². The van der Waals surface area contributed by atoms with Crippen molar-refractivity contribution in [3.05, 3.63) is 65.0 Å². The molecule has 2 aromatic carbocycles. The lowest BCUT2D eigenvalue weighted by Crippen LogP contribution is -2.06. The predicted molar refractivity (Wildman–Crippen MR) is 69.5 cm³/mol. The number of halogens is 1. The number of hydrogen-bond acceptors (Lipinski definition) is 3. The van der Waals surface area contributed by atoms with Crippen molar-refractivity contribution in [1.82, 2.24) is 0 Å². The van der Waals surface area contributed by atoms with Gasteiger partial charge in [-0.2, -0.15) is 0 Å². The quantitative estimate of drug-likeness (QED) is 0.851. The third kappa shape index (κ3) is 2.83. The fourth-order valence-electron chi connectivity index (χ4n) is 1.71. The number of carboxylic acids is 1. The van der Waals surface area contributed by atoms with Crippen LogP contribution >= 0.6 is 0 Å². The minimum absolute atomic E-state index is 0.0198. The molecule has 0 amide bonds. The van der Waals surface area contributed by atoms with Crippen LogP contribution in [0.2, 0.25) is 0 Å². The van der Waals surface area contributed by atoms with E-state index in [0.29, 0.717) is 0 Å². The maximum Gasteiger partial charge on any atom is 0.338 e. The van der Waals surface area contributed by atoms with Crippen LogP contribution in [-0.4, -0.2) is 17.4 Å². The smallest absolute Gasteiger partial charge is 0.338 e. The van der Waals surface area contributed by atoms with E-state index in [1.165, 1.54) is 6.07 Å². The van der Waals surface area contributed by atoms with Crippen LogP contribution in [0.4, 0.5) is 4.39 Å². The molecule has 0 radical (unpaired) electrons. The Bertz CT molecular complexity index is 638. The van der Waals surface area contributed by atoms with Crippen molar-refractivity contribution in [2.24, 2.45) is 0 Å². The van der Waals surface area contributed by atoms with E-state index in [-0.39, 0.29) is 24.2 Å². The van der Waals surface area contributed by atoms with Crippen molar-refractivity contribution < 1.29 is 23.8 Å². The summed E-state index contributed by atoms with van der Waals surface area (Å²) in [6.45, 7) is 0.160. The number of aromatic carboxylic acids is 1. The molecule has 0 aromatic heterocycles. The first kappa shape index (κ1) is 13.7. The van der Waals surface area contributed by atoms with Gasteiger partial charge in [-0.25, -0.2) is 9.18 Å². The number of carboxylic acid groups (broad SMARTS) is 1. The number of benzene rings is 2. The van der Waals surface area contributed by atoms with Gasteiger partial charge in [0.05, 0.1) is 11.1 Å². The maximum atomic E-state index is 13.8. The summed E-state index contributed by atoms with van der Waals surface area (Å²) in [5, 5.41) is 8.79. The Labute approximate surface area is 114 Å². The number of hydrogen-bond donors (Lipinski definition) is 1. The first-order chi connectivity index (χ1) is 9.63. The summed E-state index contributed by atoms with van der Waals surface area (Å²) in [4.78, 5) is 21.7. The third-order valence-electron chi connectivity index (χ3n) is 2.73. The maximum absolute atomic E-state index is 13.8. The number of rotatable bonds is 5. The van der Waals surface area contributed by atoms with Gasteiger partial charge in [0, 0.05) is 0 Å². The minimum Gasteiger partial charge on any atom is -0.488 e. The minimum atomic E-state index is -1.43. The number of carbonyl (C=O) groups excluding carboxylic acids is 1. The van der Waals surface area contributed by atoms with Crippen molar-refractivity contribution in [1.29, 1.82) is 0 Å². The van der Waals surface area contributed by atoms with Crippen molar-refractivity contribution in [2.75, 3.05) is 0 Å². The molecule has 2 rings (SSSR count). The summed E-state index contributed by atoms with van der Waals surface area (Å²) < 4.78 is 19.2. The highest BCUT2D eigenvalue weighted by atomic mass is 19.1. The lowest BCUT2D eigenvalue weighted by atomic mass is 10.1. The lowest BCUT2D eigenvalue weighted by Gasteiger charge is -2.10. The van der Waals surface area contributed by atoms with Crippen LogP contribution < -0.4 is 4.74 Å². The van der Waals surface area contributed by atoms with E-state index in [2.05, 4.69) is 0 Å². The average Bonchev–Trinajstić information content (AvgIpc) is 2.45. The van der Waals surface area contributed by atoms with Gasteiger partial charge in [-0.3, -0.25) is 4.79 Å². The topological polar surface area (TPSA) is 63.6 Å². The van der Waals surface area contributed by atoms with E-state index in [1.54, 1.807) is 0 Å². The van der Waals surface area contributed by atoms with Crippen LogP contribution in [0.15, 0.2) is 42.5 Å². The van der Waals surface area contributed by atoms with Gasteiger partial charge in [-0.15, -0.1) is 0 Å². The summed E-state index contributed by atoms with van der Waals surface area (Å²) in [6, 6.07) is 11.5. The third-order valence-corrected chi connectivity index (χ3v) is 2.73. The summed E-state index contributed by atoms with van der Waals surface area (Å²) >= 11 is 0. The van der Waals surface area contributed by atoms with Gasteiger partial charge in [0.1, 0.15) is 12.4 Å². The van der Waals surface area contributed by atoms with Crippen LogP contribution in [0.5, 0.6) is 5.75 Å². The Kier molecular flexibility index (Phi) is 4.10. The molecule has 102 valence electrons. The molecule has 1 N–H and O–H groups in total. The van der Waals surface area contributed by atoms with Gasteiger partial charge >= 0.3 is 5.97 Å². The van der Waals surface area contributed by atoms with Crippen LogP contribution in [0.25, 0.3) is 0 Å². The molecule has 0 bridgehead atoms. The first-order valence-corrected chi connectivity index (χ1v) is 5.81. The average molecular weight is 274 g/mol. The Morgan fingerprint density at radius 1 is 1.20 bits per heavy atom. The molecule has 5 heteroatoms. The summed E-state index contributed by atoms with van der Waals surface area (Å²) in [5.74, 6) is -2.50. The molecule has 0 fully saturated rings. The second-order valence-corrected chi connectivity index (χ2v) is 4.04. The Morgan fingerprint density at radius 2 is 1.90 bits per heavy atom. The highest BCUT2D eigenvalue weighted by Gasteiger charge is 2.18. The van der Waals surface area contributed by atoms with Crippen LogP contribution in [-0.2, 0) is 6.61 Å². The zero-order valence-corrected chi connectivity index (χ0v) is 10.4. The Morgan fingerprint density at radius 3 is 2.50 bits per heavy atom. The lowest BCUT2D eigenvalue weighted by molar-refractivity contribution is 0.0691. The standard InChI is InChI=1S/C15H11FO4/c16-14-11(15(18)19)6-7-13(12(14)8-17)20-9-10-4-2-1-3-5-10/h1-8H,9H2,(H,18,19). The van der Waals surface area contributed by atoms with Gasteiger partial charge in [-0.1, -0.05) is 30.3 Å². The molecule has 0 aliphatic carbocycles. The van der Waals surface area contributed by atoms with Gasteiger partial charge in [0.15, 0.2) is 12.1 Å². The molecule has 0 saturated heterocycles. The number of aldehydes is 1. The largest absolute Gasteiger partial charge is 0.488 e. The molecule has 4 nitrogen and oxygen atoms in total. The molecule has 0 atom stereocenters. The second kappa shape index (κ2) is 5.97. The number of ether oxygens (including phenoxy) is 1. The Hall–Kier alpha value is -2.69. The zero-order chi connectivity index (χ0) is 14.5. The molecule has 0 unspecified atom stereocenters. The first-order valence-electron chi connectivity index (χ1n) is 5.81. The van der Waals surface area contributed by atoms with E-state index in [4.69, 9.17) is 9.84 Å². The van der Waals surface area contributed by atoms with Crippen molar-refractivity contribution in [2.45, 2.75) is 6.61 Å². The van der Waals surface area contributed by atoms with Crippen LogP contribution in [0.1, 0.15) is 26.3 Å². The summed E-state index contributed by atoms with van der Waals surface area (Å²) in [7, 11) is 0. The van der Waals surface area contributed by atoms with E-state index < -0.39 is 17.3 Å². The molecule has 0 spiro atoms. The fraction of sp³-hybridized carbons (Fsp3) is 0.0667. The van der Waals surface area contributed by atoms with Crippen molar-refractivity contribution in [3.8, 4) is 5.75 Å². The van der Waals surface area contributed by atoms with Crippen LogP contribution in [0.3, 0.4) is 0 Å². The zero-order valence-electron chi connectivity index (χ0n) is 10.4. The molecule has 2 aromatic rings. The molecular formula is C15H11FO4. The van der Waals surface area contributed by atoms with Gasteiger partial charge < -0.3 is 9.84 Å². The molecular weight excluding hydrogens is 263 g/mol. The van der Waals surface area contributed by atoms with Gasteiger partial charge in [0.2, 0.25) is 0 Å². The highest BCUT2D eigenvalue weighted by Crippen LogP contribution is 2.24. The summed E-state index contributed by atoms with van der Waals surface area (Å²) in [6.07, 6.45) is 0.252. The fourth-order valence-corrected chi connectivity index (χ4v) is 1.71. The normalized spacial score (nSPS) is 10.1. The number of carbonyl (C=O) groups is 2. The van der Waals surface area contributed by atoms with E-state index in [1.807, 2.05) is 30.3 Å². The molecule has 0 heterocycles. The molecule has 20 heavy (non-hydrogen) atoms. The molecule has 0 saturated carbocycles. The van der Waals surface area contributed by atoms with Gasteiger partial charge in [0.25, 0.3) is 0 Å². The van der Waals surface area contributed by atoms with Gasteiger partial charge in [-0.05, 0) is 17.7 Å². The van der Waals surface area contributed by atoms with Crippen molar-refractivity contribution >= 4 is 12.3 Å². The molecule has 0 aliphatic heterocycles. The SMILES string of the molecule is O=Cc1c(OCc2ccccc2)ccc(C(=O)O)c1F. The highest BCUT2D eigenvalue weighted by molar-refractivity contribution is 5.92. The van der Waals surface area contributed by atoms with E-state index in [0.717, 1.165) is 11.6 Å².